The third kappa shape index (κ3) is 2.99. The van der Waals surface area contributed by atoms with Gasteiger partial charge < -0.3 is 9.84 Å². The molecule has 0 saturated carbocycles. The van der Waals surface area contributed by atoms with Gasteiger partial charge in [0.2, 0.25) is 0 Å². The molecular weight excluding hydrogens is 246 g/mol. The molecule has 92 valence electrons. The Morgan fingerprint density at radius 1 is 1.47 bits per heavy atom. The maximum atomic E-state index is 11.7. The van der Waals surface area contributed by atoms with E-state index in [1.807, 2.05) is 0 Å². The lowest BCUT2D eigenvalue weighted by molar-refractivity contribution is 0.0126. The first kappa shape index (κ1) is 12.0. The number of hydrogen-bond acceptors (Lipinski definition) is 6. The van der Waals surface area contributed by atoms with Crippen LogP contribution in [-0.4, -0.2) is 53.3 Å². The summed E-state index contributed by atoms with van der Waals surface area (Å²) in [7, 11) is 0. The number of aromatic nitrogens is 1. The molecule has 0 aromatic carbocycles. The maximum absolute atomic E-state index is 11.7. The number of amides is 1. The van der Waals surface area contributed by atoms with E-state index in [0.29, 0.717) is 26.3 Å². The molecule has 0 aliphatic carbocycles. The molecule has 1 aliphatic heterocycles. The van der Waals surface area contributed by atoms with Crippen molar-refractivity contribution in [1.29, 1.82) is 0 Å². The van der Waals surface area contributed by atoms with Gasteiger partial charge in [0.05, 0.1) is 13.2 Å². The second-order valence-corrected chi connectivity index (χ2v) is 4.24. The van der Waals surface area contributed by atoms with Crippen molar-refractivity contribution in [2.24, 2.45) is 0 Å². The number of rotatable bonds is 3. The Balaban J connectivity index is 1.96. The number of nitrogens with zero attached hydrogens (tertiary/aromatic N) is 2. The lowest BCUT2D eigenvalue weighted by Gasteiger charge is -2.26. The minimum atomic E-state index is -1.13. The van der Waals surface area contributed by atoms with Crippen LogP contribution in [0.5, 0.6) is 0 Å². The molecule has 0 radical (unpaired) electrons. The smallest absolute Gasteiger partial charge is 0.355 e. The van der Waals surface area contributed by atoms with E-state index in [1.54, 1.807) is 5.01 Å². The Morgan fingerprint density at radius 2 is 2.18 bits per heavy atom. The van der Waals surface area contributed by atoms with Crippen molar-refractivity contribution in [3.63, 3.8) is 0 Å². The van der Waals surface area contributed by atoms with Crippen molar-refractivity contribution in [3.8, 4) is 0 Å². The fraction of sp³-hybridized carbons (Fsp3) is 0.444. The van der Waals surface area contributed by atoms with Crippen LogP contribution < -0.4 is 5.43 Å². The molecule has 0 atom stereocenters. The van der Waals surface area contributed by atoms with Gasteiger partial charge in [0.15, 0.2) is 10.7 Å². The maximum Gasteiger partial charge on any atom is 0.355 e. The first-order valence-electron chi connectivity index (χ1n) is 4.99. The zero-order valence-corrected chi connectivity index (χ0v) is 9.70. The van der Waals surface area contributed by atoms with Crippen LogP contribution in [-0.2, 0) is 4.74 Å². The van der Waals surface area contributed by atoms with E-state index in [2.05, 4.69) is 10.4 Å². The molecule has 2 rings (SSSR count). The summed E-state index contributed by atoms with van der Waals surface area (Å²) in [5.41, 5.74) is 2.55. The lowest BCUT2D eigenvalue weighted by Crippen LogP contribution is -2.48. The minimum absolute atomic E-state index is 0.109. The Labute approximate surface area is 101 Å². The number of hydrazine groups is 1. The predicted molar refractivity (Wildman–Crippen MR) is 58.9 cm³/mol. The molecule has 0 unspecified atom stereocenters. The highest BCUT2D eigenvalue weighted by atomic mass is 32.1. The van der Waals surface area contributed by atoms with Gasteiger partial charge in [-0.05, 0) is 0 Å². The van der Waals surface area contributed by atoms with Gasteiger partial charge in [-0.2, -0.15) is 0 Å². The van der Waals surface area contributed by atoms with Crippen LogP contribution in [0.3, 0.4) is 0 Å². The van der Waals surface area contributed by atoms with E-state index in [-0.39, 0.29) is 16.6 Å². The number of thiazole rings is 1. The molecule has 2 heterocycles. The molecule has 1 aliphatic rings. The first-order chi connectivity index (χ1) is 8.16. The molecule has 1 amide bonds. The zero-order chi connectivity index (χ0) is 12.3. The second kappa shape index (κ2) is 5.21. The number of nitrogens with one attached hydrogen (secondary N) is 1. The van der Waals surface area contributed by atoms with Crippen LogP contribution in [0, 0.1) is 0 Å². The highest BCUT2D eigenvalue weighted by molar-refractivity contribution is 7.11. The van der Waals surface area contributed by atoms with Gasteiger partial charge in [-0.15, -0.1) is 11.3 Å². The summed E-state index contributed by atoms with van der Waals surface area (Å²) in [6.07, 6.45) is 0. The Hall–Kier alpha value is -1.51. The molecule has 1 aromatic heterocycles. The number of carbonyl (C=O) groups is 2. The van der Waals surface area contributed by atoms with Crippen LogP contribution in [0.1, 0.15) is 20.3 Å². The van der Waals surface area contributed by atoms with Gasteiger partial charge in [0, 0.05) is 18.5 Å². The summed E-state index contributed by atoms with van der Waals surface area (Å²) < 4.78 is 5.14. The molecular formula is C9H11N3O4S. The second-order valence-electron chi connectivity index (χ2n) is 3.38. The van der Waals surface area contributed by atoms with Gasteiger partial charge in [0.25, 0.3) is 5.91 Å². The summed E-state index contributed by atoms with van der Waals surface area (Å²) in [6, 6.07) is 0. The molecule has 17 heavy (non-hydrogen) atoms. The summed E-state index contributed by atoms with van der Waals surface area (Å²) in [5, 5.41) is 11.9. The van der Waals surface area contributed by atoms with Crippen LogP contribution in [0.4, 0.5) is 0 Å². The van der Waals surface area contributed by atoms with E-state index in [1.165, 1.54) is 5.38 Å². The van der Waals surface area contributed by atoms with Gasteiger partial charge in [-0.1, -0.05) is 0 Å². The number of morpholine rings is 1. The standard InChI is InChI=1S/C9H11N3O4S/c13-7(11-12-1-3-16-4-2-12)8-10-6(5-17-8)9(14)15/h5H,1-4H2,(H,11,13)(H,14,15). The number of carbonyl (C=O) groups excluding carboxylic acids is 1. The minimum Gasteiger partial charge on any atom is -0.476 e. The highest BCUT2D eigenvalue weighted by Gasteiger charge is 2.18. The molecule has 7 nitrogen and oxygen atoms in total. The number of aromatic carboxylic acids is 1. The Bertz CT molecular complexity index is 428. The van der Waals surface area contributed by atoms with Crippen LogP contribution in [0.25, 0.3) is 0 Å². The molecule has 0 bridgehead atoms. The van der Waals surface area contributed by atoms with Crippen LogP contribution >= 0.6 is 11.3 Å². The van der Waals surface area contributed by atoms with E-state index >= 15 is 0 Å². The van der Waals surface area contributed by atoms with E-state index in [9.17, 15) is 9.59 Å². The average Bonchev–Trinajstić information content (AvgIpc) is 2.79. The SMILES string of the molecule is O=C(O)c1csc(C(=O)NN2CCOCC2)n1. The van der Waals surface area contributed by atoms with Gasteiger partial charge in [-0.3, -0.25) is 10.2 Å². The number of ether oxygens (including phenoxy) is 1. The lowest BCUT2D eigenvalue weighted by atomic mass is 10.5. The molecule has 1 fully saturated rings. The van der Waals surface area contributed by atoms with E-state index in [4.69, 9.17) is 9.84 Å². The van der Waals surface area contributed by atoms with Crippen molar-refractivity contribution in [2.75, 3.05) is 26.3 Å². The third-order valence-corrected chi connectivity index (χ3v) is 3.03. The third-order valence-electron chi connectivity index (χ3n) is 2.19. The molecule has 1 aromatic rings. The van der Waals surface area contributed by atoms with Crippen molar-refractivity contribution in [2.45, 2.75) is 0 Å². The number of carboxylic acids is 1. The molecule has 0 spiro atoms. The summed E-state index contributed by atoms with van der Waals surface area (Å²) in [4.78, 5) is 26.0. The number of carboxylic acid groups (broad SMARTS) is 1. The van der Waals surface area contributed by atoms with Crippen molar-refractivity contribution >= 4 is 23.2 Å². The number of hydrogen-bond donors (Lipinski definition) is 2. The quantitative estimate of drug-likeness (QED) is 0.780. The highest BCUT2D eigenvalue weighted by Crippen LogP contribution is 2.09. The van der Waals surface area contributed by atoms with Gasteiger partial charge in [-0.25, -0.2) is 14.8 Å². The fourth-order valence-electron chi connectivity index (χ4n) is 1.34. The first-order valence-corrected chi connectivity index (χ1v) is 5.87. The van der Waals surface area contributed by atoms with Crippen molar-refractivity contribution < 1.29 is 19.4 Å². The summed E-state index contributed by atoms with van der Waals surface area (Å²) in [6.45, 7) is 2.36. The van der Waals surface area contributed by atoms with E-state index < -0.39 is 5.97 Å². The molecule has 8 heteroatoms. The topological polar surface area (TPSA) is 91.8 Å². The zero-order valence-electron chi connectivity index (χ0n) is 8.88. The summed E-state index contributed by atoms with van der Waals surface area (Å²) in [5.74, 6) is -1.52. The van der Waals surface area contributed by atoms with Gasteiger partial charge in [0.1, 0.15) is 0 Å². The summed E-state index contributed by atoms with van der Waals surface area (Å²) >= 11 is 1.01. The largest absolute Gasteiger partial charge is 0.476 e. The molecule has 2 N–H and O–H groups in total. The predicted octanol–water partition coefficient (Wildman–Crippen LogP) is -0.182. The average molecular weight is 257 g/mol. The van der Waals surface area contributed by atoms with E-state index in [0.717, 1.165) is 11.3 Å². The Kier molecular flexibility index (Phi) is 3.67. The van der Waals surface area contributed by atoms with Crippen molar-refractivity contribution in [3.05, 3.63) is 16.1 Å². The monoisotopic (exact) mass is 257 g/mol. The fourth-order valence-corrected chi connectivity index (χ4v) is 2.02. The van der Waals surface area contributed by atoms with Crippen molar-refractivity contribution in [1.82, 2.24) is 15.4 Å². The Morgan fingerprint density at radius 3 is 2.76 bits per heavy atom. The normalized spacial score (nSPS) is 16.7. The van der Waals surface area contributed by atoms with Gasteiger partial charge >= 0.3 is 5.97 Å². The van der Waals surface area contributed by atoms with Crippen LogP contribution in [0.2, 0.25) is 0 Å². The van der Waals surface area contributed by atoms with Crippen LogP contribution in [0.15, 0.2) is 5.38 Å². The molecule has 1 saturated heterocycles.